The van der Waals surface area contributed by atoms with Gasteiger partial charge in [-0.1, -0.05) is 102 Å². The van der Waals surface area contributed by atoms with Crippen molar-refractivity contribution in [1.29, 1.82) is 0 Å². The molecule has 3 heteroatoms. The minimum Gasteiger partial charge on any atom is -0.481 e. The summed E-state index contributed by atoms with van der Waals surface area (Å²) in [5.41, 5.74) is 1.47. The van der Waals surface area contributed by atoms with Gasteiger partial charge in [-0.05, 0) is 32.5 Å². The molecule has 0 spiro atoms. The van der Waals surface area contributed by atoms with Crippen LogP contribution in [0.25, 0.3) is 0 Å². The Labute approximate surface area is 168 Å². The highest BCUT2D eigenvalue weighted by Gasteiger charge is 2.11. The topological polar surface area (TPSA) is 40.5 Å². The predicted molar refractivity (Wildman–Crippen MR) is 117 cm³/mol. The maximum Gasteiger partial charge on any atom is 0.303 e. The molecule has 0 aromatic heterocycles. The molecule has 0 radical (unpaired) electrons. The van der Waals surface area contributed by atoms with Gasteiger partial charge >= 0.3 is 5.97 Å². The second kappa shape index (κ2) is 18.0. The molecule has 1 atom stereocenters. The van der Waals surface area contributed by atoms with Crippen LogP contribution >= 0.6 is 0 Å². The maximum atomic E-state index is 9.37. The molecule has 0 amide bonds. The van der Waals surface area contributed by atoms with Crippen molar-refractivity contribution in [3.05, 3.63) is 35.9 Å². The molecule has 0 aliphatic heterocycles. The van der Waals surface area contributed by atoms with E-state index in [9.17, 15) is 4.79 Å². The highest BCUT2D eigenvalue weighted by Crippen LogP contribution is 2.15. The van der Waals surface area contributed by atoms with Crippen LogP contribution in [0.5, 0.6) is 0 Å². The molecule has 0 aliphatic rings. The van der Waals surface area contributed by atoms with Crippen molar-refractivity contribution < 1.29 is 9.90 Å². The second-order valence-electron chi connectivity index (χ2n) is 7.67. The number of unbranched alkanes of at least 4 members (excludes halogenated alkanes) is 8. The number of carboxylic acid groups (broad SMARTS) is 1. The fraction of sp³-hybridized carbons (Fsp3) is 0.708. The first-order valence-corrected chi connectivity index (χ1v) is 10.9. The Bertz CT molecular complexity index is 445. The number of benzene rings is 1. The first-order valence-electron chi connectivity index (χ1n) is 10.9. The minimum absolute atomic E-state index is 0.222. The third-order valence-electron chi connectivity index (χ3n) is 4.99. The second-order valence-corrected chi connectivity index (χ2v) is 7.67. The largest absolute Gasteiger partial charge is 0.481 e. The van der Waals surface area contributed by atoms with Crippen molar-refractivity contribution in [1.82, 2.24) is 4.90 Å². The van der Waals surface area contributed by atoms with Gasteiger partial charge in [0.2, 0.25) is 0 Å². The van der Waals surface area contributed by atoms with Gasteiger partial charge in [-0.2, -0.15) is 0 Å². The molecule has 1 aromatic carbocycles. The van der Waals surface area contributed by atoms with E-state index in [4.69, 9.17) is 5.11 Å². The Morgan fingerprint density at radius 1 is 0.889 bits per heavy atom. The molecular formula is C24H43NO2. The lowest BCUT2D eigenvalue weighted by molar-refractivity contribution is -0.136. The lowest BCUT2D eigenvalue weighted by Crippen LogP contribution is -2.30. The summed E-state index contributed by atoms with van der Waals surface area (Å²) in [6.07, 6.45) is 15.5. The van der Waals surface area contributed by atoms with E-state index in [-0.39, 0.29) is 6.42 Å². The van der Waals surface area contributed by atoms with Crippen LogP contribution in [-0.4, -0.2) is 36.1 Å². The Morgan fingerprint density at radius 3 is 1.81 bits per heavy atom. The molecule has 0 heterocycles. The van der Waals surface area contributed by atoms with Crippen LogP contribution in [-0.2, 0) is 11.2 Å². The Hall–Kier alpha value is -1.35. The lowest BCUT2D eigenvalue weighted by atomic mass is 9.98. The average Bonchev–Trinajstić information content (AvgIpc) is 2.66. The minimum atomic E-state index is -0.745. The van der Waals surface area contributed by atoms with E-state index in [0.717, 1.165) is 0 Å². The van der Waals surface area contributed by atoms with Crippen LogP contribution in [0.2, 0.25) is 0 Å². The number of hydrogen-bond acceptors (Lipinski definition) is 2. The van der Waals surface area contributed by atoms with Crippen molar-refractivity contribution in [2.24, 2.45) is 0 Å². The molecule has 156 valence electrons. The monoisotopic (exact) mass is 377 g/mol. The van der Waals surface area contributed by atoms with Crippen LogP contribution in [0, 0.1) is 0 Å². The summed E-state index contributed by atoms with van der Waals surface area (Å²) in [6.45, 7) is 3.89. The summed E-state index contributed by atoms with van der Waals surface area (Å²) >= 11 is 0. The van der Waals surface area contributed by atoms with Crippen LogP contribution in [0.1, 0.15) is 90.0 Å². The third-order valence-corrected chi connectivity index (χ3v) is 4.99. The smallest absolute Gasteiger partial charge is 0.303 e. The molecule has 1 unspecified atom stereocenters. The van der Waals surface area contributed by atoms with Gasteiger partial charge in [0.15, 0.2) is 0 Å². The van der Waals surface area contributed by atoms with Gasteiger partial charge in [-0.25, -0.2) is 0 Å². The van der Waals surface area contributed by atoms with Crippen molar-refractivity contribution in [2.75, 3.05) is 14.1 Å². The first kappa shape index (κ1) is 25.6. The molecule has 0 fully saturated rings. The lowest BCUT2D eigenvalue weighted by Gasteiger charge is -2.24. The predicted octanol–water partition coefficient (Wildman–Crippen LogP) is 6.56. The number of nitrogens with zero attached hydrogens (tertiary/aromatic N) is 1. The van der Waals surface area contributed by atoms with E-state index >= 15 is 0 Å². The Kier molecular flexibility index (Phi) is 17.1. The molecule has 3 nitrogen and oxygen atoms in total. The quantitative estimate of drug-likeness (QED) is 0.373. The zero-order chi connectivity index (χ0) is 20.3. The first-order chi connectivity index (χ1) is 13.0. The van der Waals surface area contributed by atoms with Crippen LogP contribution in [0.3, 0.4) is 0 Å². The van der Waals surface area contributed by atoms with Crippen molar-refractivity contribution >= 4 is 5.97 Å². The molecular weight excluding hydrogens is 334 g/mol. The summed E-state index contributed by atoms with van der Waals surface area (Å²) in [5.74, 6) is -0.745. The van der Waals surface area contributed by atoms with Crippen molar-refractivity contribution in [2.45, 2.75) is 96.9 Å². The molecule has 1 rings (SSSR count). The number of carboxylic acids is 1. The van der Waals surface area contributed by atoms with E-state index in [1.807, 2.05) is 0 Å². The number of likely N-dealkylation sites (N-methyl/N-ethyl adjacent to an activating group) is 1. The summed E-state index contributed by atoms with van der Waals surface area (Å²) in [4.78, 5) is 11.8. The van der Waals surface area contributed by atoms with Crippen molar-refractivity contribution in [3.8, 4) is 0 Å². The zero-order valence-electron chi connectivity index (χ0n) is 18.3. The van der Waals surface area contributed by atoms with Gasteiger partial charge in [0.05, 0.1) is 0 Å². The van der Waals surface area contributed by atoms with E-state index in [2.05, 4.69) is 56.3 Å². The number of aliphatic carboxylic acids is 1. The van der Waals surface area contributed by atoms with Gasteiger partial charge in [-0.15, -0.1) is 0 Å². The summed E-state index contributed by atoms with van der Waals surface area (Å²) in [6, 6.07) is 11.6. The normalized spacial score (nSPS) is 11.7. The summed E-state index contributed by atoms with van der Waals surface area (Å²) in [7, 11) is 4.45. The van der Waals surface area contributed by atoms with Gasteiger partial charge < -0.3 is 10.0 Å². The van der Waals surface area contributed by atoms with Crippen LogP contribution in [0.4, 0.5) is 0 Å². The molecule has 0 saturated carbocycles. The van der Waals surface area contributed by atoms with E-state index in [1.54, 1.807) is 6.92 Å². The fourth-order valence-corrected chi connectivity index (χ4v) is 3.12. The van der Waals surface area contributed by atoms with Crippen LogP contribution < -0.4 is 0 Å². The van der Waals surface area contributed by atoms with Gasteiger partial charge in [-0.3, -0.25) is 4.79 Å². The molecule has 0 bridgehead atoms. The molecule has 0 saturated heterocycles. The average molecular weight is 378 g/mol. The number of carbonyl (C=O) groups is 1. The summed E-state index contributed by atoms with van der Waals surface area (Å²) in [5, 5.41) is 7.72. The molecule has 1 aromatic rings. The van der Waals surface area contributed by atoms with Crippen molar-refractivity contribution in [3.63, 3.8) is 0 Å². The molecule has 1 N–H and O–H groups in total. The van der Waals surface area contributed by atoms with E-state index < -0.39 is 5.97 Å². The van der Waals surface area contributed by atoms with E-state index in [1.165, 1.54) is 76.2 Å². The van der Waals surface area contributed by atoms with Gasteiger partial charge in [0, 0.05) is 12.5 Å². The zero-order valence-corrected chi connectivity index (χ0v) is 18.3. The number of rotatable bonds is 14. The van der Waals surface area contributed by atoms with Crippen LogP contribution in [0.15, 0.2) is 30.3 Å². The Balaban J connectivity index is 0.00000119. The van der Waals surface area contributed by atoms with Gasteiger partial charge in [0.25, 0.3) is 0 Å². The standard InChI is InChI=1S/C21H37N.C3H6O2/c1-4-5-6-7-8-9-10-11-15-18-21(22(2)3)19-20-16-13-12-14-17-20;1-2-3(4)5/h12-14,16-17,21H,4-11,15,18-19H2,1-3H3;2H2,1H3,(H,4,5). The summed E-state index contributed by atoms with van der Waals surface area (Å²) < 4.78 is 0. The maximum absolute atomic E-state index is 9.37. The van der Waals surface area contributed by atoms with Gasteiger partial charge in [0.1, 0.15) is 0 Å². The third kappa shape index (κ3) is 16.5. The highest BCUT2D eigenvalue weighted by atomic mass is 16.4. The van der Waals surface area contributed by atoms with E-state index in [0.29, 0.717) is 6.04 Å². The molecule has 0 aliphatic carbocycles. The Morgan fingerprint density at radius 2 is 1.37 bits per heavy atom. The highest BCUT2D eigenvalue weighted by molar-refractivity contribution is 5.66. The SMILES string of the molecule is CCC(=O)O.CCCCCCCCCCCC(Cc1ccccc1)N(C)C. The molecule has 27 heavy (non-hydrogen) atoms. The number of hydrogen-bond donors (Lipinski definition) is 1. The fourth-order valence-electron chi connectivity index (χ4n) is 3.12.